The molecule has 0 aliphatic heterocycles. The van der Waals surface area contributed by atoms with E-state index in [1.165, 1.54) is 11.1 Å². The van der Waals surface area contributed by atoms with Crippen molar-refractivity contribution in [2.24, 2.45) is 0 Å². The quantitative estimate of drug-likeness (QED) is 0.805. The summed E-state index contributed by atoms with van der Waals surface area (Å²) in [5.41, 5.74) is 4.38. The molecule has 0 radical (unpaired) electrons. The highest BCUT2D eigenvalue weighted by Gasteiger charge is 2.14. The number of hydrogen-bond donors (Lipinski definition) is 1. The minimum absolute atomic E-state index is 0.121. The number of aryl methyl sites for hydroxylation is 2. The lowest BCUT2D eigenvalue weighted by molar-refractivity contribution is 0.590. The number of hydrogen-bond acceptors (Lipinski definition) is 1. The normalized spacial score (nSPS) is 12.4. The molecule has 2 rings (SSSR count). The first kappa shape index (κ1) is 15.7. The van der Waals surface area contributed by atoms with Gasteiger partial charge in [-0.25, -0.2) is 4.39 Å². The molecular weight excluding hydrogens is 261 g/mol. The van der Waals surface area contributed by atoms with Crippen molar-refractivity contribution in [2.45, 2.75) is 39.7 Å². The monoisotopic (exact) mass is 285 g/mol. The fourth-order valence-corrected chi connectivity index (χ4v) is 2.51. The maximum atomic E-state index is 13.5. The third-order valence-corrected chi connectivity index (χ3v) is 3.84. The number of rotatable bonds is 6. The molecule has 1 atom stereocenters. The van der Waals surface area contributed by atoms with Gasteiger partial charge in [-0.1, -0.05) is 50.2 Å². The Morgan fingerprint density at radius 1 is 1.00 bits per heavy atom. The van der Waals surface area contributed by atoms with Crippen molar-refractivity contribution in [1.29, 1.82) is 0 Å². The van der Waals surface area contributed by atoms with Crippen molar-refractivity contribution in [1.82, 2.24) is 5.32 Å². The summed E-state index contributed by atoms with van der Waals surface area (Å²) < 4.78 is 13.5. The van der Waals surface area contributed by atoms with Gasteiger partial charge < -0.3 is 5.32 Å². The molecule has 0 saturated carbocycles. The molecule has 0 aliphatic carbocycles. The molecule has 0 spiro atoms. The lowest BCUT2D eigenvalue weighted by atomic mass is 9.96. The number of nitrogens with one attached hydrogen (secondary N) is 1. The van der Waals surface area contributed by atoms with Crippen LogP contribution in [0.4, 0.5) is 4.39 Å². The maximum Gasteiger partial charge on any atom is 0.126 e. The highest BCUT2D eigenvalue weighted by molar-refractivity contribution is 5.35. The lowest BCUT2D eigenvalue weighted by Gasteiger charge is -2.20. The summed E-state index contributed by atoms with van der Waals surface area (Å²) >= 11 is 0. The number of halogens is 1. The molecule has 0 amide bonds. The molecule has 2 heteroatoms. The Balaban J connectivity index is 2.33. The Hall–Kier alpha value is -1.67. The lowest BCUT2D eigenvalue weighted by Crippen LogP contribution is -2.23. The third-order valence-electron chi connectivity index (χ3n) is 3.84. The zero-order valence-electron chi connectivity index (χ0n) is 13.1. The molecule has 1 unspecified atom stereocenters. The summed E-state index contributed by atoms with van der Waals surface area (Å²) in [6, 6.07) is 14.2. The van der Waals surface area contributed by atoms with Crippen LogP contribution in [0.2, 0.25) is 0 Å². The van der Waals surface area contributed by atoms with Crippen LogP contribution in [0.3, 0.4) is 0 Å². The van der Waals surface area contributed by atoms with Gasteiger partial charge in [0, 0.05) is 0 Å². The molecule has 2 aromatic carbocycles. The van der Waals surface area contributed by atoms with E-state index in [9.17, 15) is 4.39 Å². The molecule has 0 aliphatic rings. The first-order valence-electron chi connectivity index (χ1n) is 7.74. The second-order valence-electron chi connectivity index (χ2n) is 5.49. The Morgan fingerprint density at radius 2 is 1.67 bits per heavy atom. The zero-order valence-corrected chi connectivity index (χ0v) is 13.1. The molecule has 1 nitrogen and oxygen atoms in total. The Bertz CT molecular complexity index is 575. The molecule has 0 saturated heterocycles. The molecule has 0 fully saturated rings. The van der Waals surface area contributed by atoms with Crippen molar-refractivity contribution < 1.29 is 4.39 Å². The predicted octanol–water partition coefficient (Wildman–Crippen LogP) is 4.79. The fraction of sp³-hybridized carbons (Fsp3) is 0.368. The first-order valence-corrected chi connectivity index (χ1v) is 7.74. The van der Waals surface area contributed by atoms with E-state index in [-0.39, 0.29) is 11.9 Å². The summed E-state index contributed by atoms with van der Waals surface area (Å²) in [4.78, 5) is 0. The van der Waals surface area contributed by atoms with Crippen LogP contribution in [0.1, 0.15) is 48.6 Å². The van der Waals surface area contributed by atoms with E-state index in [2.05, 4.69) is 43.4 Å². The van der Waals surface area contributed by atoms with E-state index >= 15 is 0 Å². The minimum Gasteiger partial charge on any atom is -0.306 e. The number of benzene rings is 2. The van der Waals surface area contributed by atoms with Gasteiger partial charge >= 0.3 is 0 Å². The summed E-state index contributed by atoms with van der Waals surface area (Å²) in [5.74, 6) is -0.144. The Kier molecular flexibility index (Phi) is 5.51. The average molecular weight is 285 g/mol. The molecule has 0 bridgehead atoms. The standard InChI is InChI=1S/C19H24FN/c1-4-12-21-19(16-8-6-15(5-2)7-9-16)17-10-11-18(20)14(3)13-17/h6-11,13,19,21H,4-5,12H2,1-3H3. The van der Waals surface area contributed by atoms with E-state index in [1.54, 1.807) is 6.07 Å². The molecule has 1 N–H and O–H groups in total. The van der Waals surface area contributed by atoms with E-state index in [4.69, 9.17) is 0 Å². The van der Waals surface area contributed by atoms with Crippen LogP contribution in [0.5, 0.6) is 0 Å². The van der Waals surface area contributed by atoms with Crippen molar-refractivity contribution in [3.63, 3.8) is 0 Å². The zero-order chi connectivity index (χ0) is 15.2. The van der Waals surface area contributed by atoms with Gasteiger partial charge in [-0.05, 0) is 54.6 Å². The third kappa shape index (κ3) is 3.92. The smallest absolute Gasteiger partial charge is 0.126 e. The van der Waals surface area contributed by atoms with E-state index in [0.717, 1.165) is 24.9 Å². The van der Waals surface area contributed by atoms with Crippen molar-refractivity contribution in [3.05, 3.63) is 70.5 Å². The molecule has 2 aromatic rings. The fourth-order valence-electron chi connectivity index (χ4n) is 2.51. The molecular formula is C19H24FN. The topological polar surface area (TPSA) is 12.0 Å². The SMILES string of the molecule is CCCNC(c1ccc(CC)cc1)c1ccc(F)c(C)c1. The minimum atomic E-state index is -0.144. The molecule has 0 aromatic heterocycles. The van der Waals surface area contributed by atoms with Crippen molar-refractivity contribution in [2.75, 3.05) is 6.54 Å². The summed E-state index contributed by atoms with van der Waals surface area (Å²) in [7, 11) is 0. The van der Waals surface area contributed by atoms with Gasteiger partial charge in [0.1, 0.15) is 5.82 Å². The second-order valence-corrected chi connectivity index (χ2v) is 5.49. The highest BCUT2D eigenvalue weighted by atomic mass is 19.1. The van der Waals surface area contributed by atoms with Gasteiger partial charge in [-0.15, -0.1) is 0 Å². The first-order chi connectivity index (χ1) is 10.2. The van der Waals surface area contributed by atoms with Crippen molar-refractivity contribution in [3.8, 4) is 0 Å². The van der Waals surface area contributed by atoms with Gasteiger partial charge in [-0.3, -0.25) is 0 Å². The average Bonchev–Trinajstić information content (AvgIpc) is 2.51. The van der Waals surface area contributed by atoms with Crippen LogP contribution < -0.4 is 5.32 Å². The predicted molar refractivity (Wildman–Crippen MR) is 87.1 cm³/mol. The second kappa shape index (κ2) is 7.37. The van der Waals surface area contributed by atoms with Crippen LogP contribution in [-0.2, 0) is 6.42 Å². The summed E-state index contributed by atoms with van der Waals surface area (Å²) in [5, 5.41) is 3.56. The maximum absolute atomic E-state index is 13.5. The van der Waals surface area contributed by atoms with Gasteiger partial charge in [0.2, 0.25) is 0 Å². The van der Waals surface area contributed by atoms with Crippen LogP contribution in [0.25, 0.3) is 0 Å². The van der Waals surface area contributed by atoms with E-state index in [0.29, 0.717) is 5.56 Å². The van der Waals surface area contributed by atoms with Crippen LogP contribution in [0, 0.1) is 12.7 Å². The van der Waals surface area contributed by atoms with Crippen molar-refractivity contribution >= 4 is 0 Å². The Morgan fingerprint density at radius 3 is 2.24 bits per heavy atom. The van der Waals surface area contributed by atoms with Crippen LogP contribution in [-0.4, -0.2) is 6.54 Å². The van der Waals surface area contributed by atoms with Crippen LogP contribution >= 0.6 is 0 Å². The summed E-state index contributed by atoms with van der Waals surface area (Å²) in [6.45, 7) is 7.07. The molecule has 112 valence electrons. The molecule has 21 heavy (non-hydrogen) atoms. The highest BCUT2D eigenvalue weighted by Crippen LogP contribution is 2.24. The van der Waals surface area contributed by atoms with Crippen LogP contribution in [0.15, 0.2) is 42.5 Å². The molecule has 0 heterocycles. The van der Waals surface area contributed by atoms with E-state index in [1.807, 2.05) is 19.1 Å². The van der Waals surface area contributed by atoms with E-state index < -0.39 is 0 Å². The van der Waals surface area contributed by atoms with Gasteiger partial charge in [0.05, 0.1) is 6.04 Å². The van der Waals surface area contributed by atoms with Gasteiger partial charge in [0.25, 0.3) is 0 Å². The Labute approximate surface area is 127 Å². The largest absolute Gasteiger partial charge is 0.306 e. The van der Waals surface area contributed by atoms with Gasteiger partial charge in [0.15, 0.2) is 0 Å². The van der Waals surface area contributed by atoms with Gasteiger partial charge in [-0.2, -0.15) is 0 Å². The summed E-state index contributed by atoms with van der Waals surface area (Å²) in [6.07, 6.45) is 2.12.